The van der Waals surface area contributed by atoms with Gasteiger partial charge in [-0.25, -0.2) is 22.5 Å². The molecule has 1 atom stereocenters. The fourth-order valence-electron chi connectivity index (χ4n) is 4.46. The Labute approximate surface area is 214 Å². The van der Waals surface area contributed by atoms with Crippen LogP contribution in [0.1, 0.15) is 53.5 Å². The Morgan fingerprint density at radius 1 is 1.11 bits per heavy atom. The van der Waals surface area contributed by atoms with E-state index in [0.29, 0.717) is 5.57 Å². The van der Waals surface area contributed by atoms with Crippen molar-refractivity contribution < 1.29 is 22.4 Å². The molecule has 1 unspecified atom stereocenters. The van der Waals surface area contributed by atoms with Crippen molar-refractivity contribution in [2.45, 2.75) is 53.5 Å². The van der Waals surface area contributed by atoms with Gasteiger partial charge in [0.15, 0.2) is 23.3 Å². The number of halogens is 4. The minimum absolute atomic E-state index is 0.0456. The van der Waals surface area contributed by atoms with E-state index in [0.717, 1.165) is 24.5 Å². The van der Waals surface area contributed by atoms with Crippen LogP contribution in [-0.2, 0) is 4.79 Å². The molecule has 0 saturated carbocycles. The van der Waals surface area contributed by atoms with E-state index in [1.54, 1.807) is 25.3 Å². The van der Waals surface area contributed by atoms with Gasteiger partial charge in [-0.2, -0.15) is 0 Å². The van der Waals surface area contributed by atoms with Crippen LogP contribution in [0.5, 0.6) is 0 Å². The molecule has 0 fully saturated rings. The number of allylic oxidation sites excluding steroid dienone is 9. The highest BCUT2D eigenvalue weighted by Crippen LogP contribution is 2.45. The number of nitrogens with one attached hydrogen (secondary N) is 1. The molecule has 1 aliphatic carbocycles. The van der Waals surface area contributed by atoms with Gasteiger partial charge in [0.2, 0.25) is 5.91 Å². The summed E-state index contributed by atoms with van der Waals surface area (Å²) >= 11 is 0. The van der Waals surface area contributed by atoms with Crippen LogP contribution in [0.15, 0.2) is 83.5 Å². The zero-order valence-electron chi connectivity index (χ0n) is 21.6. The molecule has 37 heavy (non-hydrogen) atoms. The molecule has 0 radical (unpaired) electrons. The molecular weight excluding hydrogens is 482 g/mol. The molecule has 3 rings (SSSR count). The third-order valence-corrected chi connectivity index (χ3v) is 6.53. The molecule has 8 heteroatoms. The summed E-state index contributed by atoms with van der Waals surface area (Å²) in [6.07, 6.45) is 18.2. The van der Waals surface area contributed by atoms with Gasteiger partial charge in [0, 0.05) is 24.5 Å². The van der Waals surface area contributed by atoms with Crippen LogP contribution in [0.4, 0.5) is 23.2 Å². The standard InChI is InChI=1S/C29H31F4N3O/c1-18(9-10-21-20(3)24(11-12-29(21,4)5)36-14-13-34-17-36)7-6-8-19(2)15-25(37)35-28-26(32)22(30)16-23(31)27(28)33/h6-10,13-17,24H,11-12H2,1-5H3,(H,35,37)/b8-6+,10-9+,18-7+,19-15+. The highest BCUT2D eigenvalue weighted by molar-refractivity contribution is 6.00. The smallest absolute Gasteiger partial charge is 0.248 e. The summed E-state index contributed by atoms with van der Waals surface area (Å²) in [4.78, 5) is 16.3. The Bertz CT molecular complexity index is 1290. The van der Waals surface area contributed by atoms with E-state index in [-0.39, 0.29) is 17.5 Å². The molecule has 0 spiro atoms. The fourth-order valence-corrected chi connectivity index (χ4v) is 4.46. The maximum Gasteiger partial charge on any atom is 0.248 e. The van der Waals surface area contributed by atoms with Crippen molar-refractivity contribution in [1.82, 2.24) is 9.55 Å². The van der Waals surface area contributed by atoms with Crippen molar-refractivity contribution in [1.29, 1.82) is 0 Å². The number of amides is 1. The van der Waals surface area contributed by atoms with Gasteiger partial charge in [-0.1, -0.05) is 49.8 Å². The molecule has 4 nitrogen and oxygen atoms in total. The first-order valence-corrected chi connectivity index (χ1v) is 11.9. The van der Waals surface area contributed by atoms with Crippen molar-refractivity contribution in [3.8, 4) is 0 Å². The predicted molar refractivity (Wildman–Crippen MR) is 138 cm³/mol. The zero-order chi connectivity index (χ0) is 27.3. The van der Waals surface area contributed by atoms with Crippen LogP contribution in [-0.4, -0.2) is 15.5 Å². The molecule has 1 heterocycles. The van der Waals surface area contributed by atoms with Gasteiger partial charge in [0.25, 0.3) is 0 Å². The number of rotatable bonds is 7. The van der Waals surface area contributed by atoms with E-state index in [1.807, 2.05) is 36.9 Å². The summed E-state index contributed by atoms with van der Waals surface area (Å²) in [5.41, 5.74) is 2.93. The molecule has 1 N–H and O–H groups in total. The number of imidazole rings is 1. The summed E-state index contributed by atoms with van der Waals surface area (Å²) in [6.45, 7) is 10.2. The Morgan fingerprint density at radius 3 is 2.41 bits per heavy atom. The summed E-state index contributed by atoms with van der Waals surface area (Å²) in [5.74, 6) is -7.43. The maximum absolute atomic E-state index is 13.8. The number of aromatic nitrogens is 2. The molecule has 1 amide bonds. The summed E-state index contributed by atoms with van der Waals surface area (Å²) < 4.78 is 56.3. The Kier molecular flexibility index (Phi) is 8.73. The number of anilines is 1. The molecule has 196 valence electrons. The monoisotopic (exact) mass is 513 g/mol. The Morgan fingerprint density at radius 2 is 1.78 bits per heavy atom. The van der Waals surface area contributed by atoms with Gasteiger partial charge < -0.3 is 9.88 Å². The quantitative estimate of drug-likeness (QED) is 0.178. The average molecular weight is 514 g/mol. The number of carbonyl (C=O) groups is 1. The van der Waals surface area contributed by atoms with Crippen molar-refractivity contribution in [3.05, 3.63) is 107 Å². The Hall–Kier alpha value is -3.68. The minimum atomic E-state index is -1.66. The molecular formula is C29H31F4N3O. The van der Waals surface area contributed by atoms with Crippen LogP contribution >= 0.6 is 0 Å². The number of nitrogens with zero attached hydrogens (tertiary/aromatic N) is 2. The second-order valence-corrected chi connectivity index (χ2v) is 9.87. The molecule has 1 aliphatic rings. The van der Waals surface area contributed by atoms with E-state index in [4.69, 9.17) is 0 Å². The topological polar surface area (TPSA) is 46.9 Å². The van der Waals surface area contributed by atoms with Crippen molar-refractivity contribution in [2.24, 2.45) is 5.41 Å². The maximum atomic E-state index is 13.8. The van der Waals surface area contributed by atoms with Crippen LogP contribution in [0.3, 0.4) is 0 Å². The minimum Gasteiger partial charge on any atom is -0.330 e. The van der Waals surface area contributed by atoms with Crippen LogP contribution in [0, 0.1) is 28.7 Å². The van der Waals surface area contributed by atoms with Gasteiger partial charge in [0.05, 0.1) is 12.4 Å². The van der Waals surface area contributed by atoms with Crippen LogP contribution in [0.2, 0.25) is 0 Å². The van der Waals surface area contributed by atoms with E-state index in [1.165, 1.54) is 11.1 Å². The summed E-state index contributed by atoms with van der Waals surface area (Å²) in [7, 11) is 0. The number of benzene rings is 1. The number of carbonyl (C=O) groups excluding carboxylic acids is 1. The van der Waals surface area contributed by atoms with Gasteiger partial charge in [-0.3, -0.25) is 4.79 Å². The normalized spacial score (nSPS) is 18.8. The SMILES string of the molecule is CC1=C(/C=C/C(C)=C/C=C/C(C)=C/C(=O)Nc2c(F)c(F)cc(F)c2F)C(C)(C)CCC1n1ccnc1. The zero-order valence-corrected chi connectivity index (χ0v) is 21.6. The van der Waals surface area contributed by atoms with Gasteiger partial charge >= 0.3 is 0 Å². The molecule has 0 bridgehead atoms. The molecule has 0 aliphatic heterocycles. The van der Waals surface area contributed by atoms with E-state index in [9.17, 15) is 22.4 Å². The first kappa shape index (κ1) is 27.9. The van der Waals surface area contributed by atoms with Crippen molar-refractivity contribution in [2.75, 3.05) is 5.32 Å². The first-order chi connectivity index (χ1) is 17.4. The van der Waals surface area contributed by atoms with Crippen molar-refractivity contribution in [3.63, 3.8) is 0 Å². The summed E-state index contributed by atoms with van der Waals surface area (Å²) in [6, 6.07) is 0.363. The lowest BCUT2D eigenvalue weighted by molar-refractivity contribution is -0.112. The third-order valence-electron chi connectivity index (χ3n) is 6.53. The molecule has 0 saturated heterocycles. The van der Waals surface area contributed by atoms with Crippen LogP contribution in [0.25, 0.3) is 0 Å². The highest BCUT2D eigenvalue weighted by atomic mass is 19.2. The second-order valence-electron chi connectivity index (χ2n) is 9.87. The van der Waals surface area contributed by atoms with Gasteiger partial charge in [-0.15, -0.1) is 0 Å². The van der Waals surface area contributed by atoms with Crippen LogP contribution < -0.4 is 5.32 Å². The lowest BCUT2D eigenvalue weighted by atomic mass is 9.71. The van der Waals surface area contributed by atoms with Gasteiger partial charge in [-0.05, 0) is 55.7 Å². The second kappa shape index (κ2) is 11.6. The Balaban J connectivity index is 1.69. The third kappa shape index (κ3) is 6.76. The predicted octanol–water partition coefficient (Wildman–Crippen LogP) is 7.76. The highest BCUT2D eigenvalue weighted by Gasteiger charge is 2.32. The van der Waals surface area contributed by atoms with Gasteiger partial charge in [0.1, 0.15) is 5.69 Å². The summed E-state index contributed by atoms with van der Waals surface area (Å²) in [5, 5.41) is 1.86. The molecule has 1 aromatic heterocycles. The van der Waals surface area contributed by atoms with Crippen molar-refractivity contribution >= 4 is 11.6 Å². The first-order valence-electron chi connectivity index (χ1n) is 11.9. The van der Waals surface area contributed by atoms with E-state index in [2.05, 4.69) is 36.4 Å². The fraction of sp³-hybridized carbons (Fsp3) is 0.310. The lowest BCUT2D eigenvalue weighted by Crippen LogP contribution is -2.25. The van der Waals surface area contributed by atoms with E-state index < -0.39 is 34.9 Å². The number of hydrogen-bond donors (Lipinski definition) is 1. The molecule has 2 aromatic rings. The largest absolute Gasteiger partial charge is 0.330 e. The van der Waals surface area contributed by atoms with E-state index >= 15 is 0 Å². The molecule has 1 aromatic carbocycles. The average Bonchev–Trinajstić information content (AvgIpc) is 3.34. The lowest BCUT2D eigenvalue weighted by Gasteiger charge is -2.37. The number of hydrogen-bond acceptors (Lipinski definition) is 2.